The summed E-state index contributed by atoms with van der Waals surface area (Å²) < 4.78 is 13.0. The summed E-state index contributed by atoms with van der Waals surface area (Å²) in [6, 6.07) is 6.57. The van der Waals surface area contributed by atoms with E-state index in [1.165, 1.54) is 18.5 Å². The van der Waals surface area contributed by atoms with E-state index >= 15 is 0 Å². The highest BCUT2D eigenvalue weighted by atomic mass is 19.1. The molecule has 1 amide bonds. The molecule has 0 unspecified atom stereocenters. The number of likely N-dealkylation sites (tertiary alicyclic amines) is 1. The molecule has 0 bridgehead atoms. The predicted molar refractivity (Wildman–Crippen MR) is 85.7 cm³/mol. The van der Waals surface area contributed by atoms with E-state index in [0.29, 0.717) is 18.7 Å². The Kier molecular flexibility index (Phi) is 4.65. The number of rotatable bonds is 4. The normalized spacial score (nSPS) is 17.5. The van der Waals surface area contributed by atoms with Crippen LogP contribution in [-0.4, -0.2) is 33.9 Å². The van der Waals surface area contributed by atoms with Crippen LogP contribution in [0.2, 0.25) is 0 Å². The molecule has 1 saturated heterocycles. The predicted octanol–water partition coefficient (Wildman–Crippen LogP) is 3.20. The first-order valence-electron chi connectivity index (χ1n) is 8.02. The maximum absolute atomic E-state index is 13.0. The number of aromatic nitrogens is 2. The molecule has 0 saturated carbocycles. The maximum atomic E-state index is 13.0. The number of aryl methyl sites for hydroxylation is 1. The van der Waals surface area contributed by atoms with Crippen molar-refractivity contribution >= 4 is 5.91 Å². The van der Waals surface area contributed by atoms with Crippen LogP contribution < -0.4 is 0 Å². The van der Waals surface area contributed by atoms with Crippen LogP contribution in [0.3, 0.4) is 0 Å². The first kappa shape index (κ1) is 15.6. The minimum Gasteiger partial charge on any atom is -0.338 e. The lowest BCUT2D eigenvalue weighted by atomic mass is 9.98. The molecular formula is C18H20FN3O. The summed E-state index contributed by atoms with van der Waals surface area (Å²) in [6.07, 6.45) is 5.72. The molecule has 1 fully saturated rings. The van der Waals surface area contributed by atoms with Gasteiger partial charge in [0.25, 0.3) is 5.91 Å². The number of benzene rings is 1. The van der Waals surface area contributed by atoms with Gasteiger partial charge in [-0.25, -0.2) is 14.4 Å². The van der Waals surface area contributed by atoms with Crippen molar-refractivity contribution in [3.05, 3.63) is 59.4 Å². The lowest BCUT2D eigenvalue weighted by Gasteiger charge is -2.18. The first-order valence-corrected chi connectivity index (χ1v) is 8.02. The molecule has 2 aromatic rings. The third-order valence-electron chi connectivity index (χ3n) is 4.33. The summed E-state index contributed by atoms with van der Waals surface area (Å²) in [5.41, 5.74) is 2.51. The number of amides is 1. The van der Waals surface area contributed by atoms with E-state index in [2.05, 4.69) is 16.9 Å². The quantitative estimate of drug-likeness (QED) is 0.871. The van der Waals surface area contributed by atoms with Crippen molar-refractivity contribution in [2.24, 2.45) is 0 Å². The van der Waals surface area contributed by atoms with Crippen LogP contribution in [-0.2, 0) is 6.42 Å². The number of hydrogen-bond acceptors (Lipinski definition) is 3. The van der Waals surface area contributed by atoms with E-state index in [9.17, 15) is 9.18 Å². The summed E-state index contributed by atoms with van der Waals surface area (Å²) in [4.78, 5) is 22.9. The zero-order valence-electron chi connectivity index (χ0n) is 13.2. The Morgan fingerprint density at radius 2 is 2.13 bits per heavy atom. The molecule has 4 nitrogen and oxygen atoms in total. The molecule has 0 spiro atoms. The highest BCUT2D eigenvalue weighted by Gasteiger charge is 2.29. The summed E-state index contributed by atoms with van der Waals surface area (Å²) in [7, 11) is 0. The van der Waals surface area contributed by atoms with Crippen molar-refractivity contribution in [2.75, 3.05) is 13.1 Å². The van der Waals surface area contributed by atoms with Gasteiger partial charge in [-0.1, -0.05) is 25.5 Å². The van der Waals surface area contributed by atoms with Crippen molar-refractivity contribution in [1.82, 2.24) is 14.9 Å². The van der Waals surface area contributed by atoms with Gasteiger partial charge in [0.1, 0.15) is 12.1 Å². The third kappa shape index (κ3) is 3.38. The van der Waals surface area contributed by atoms with Gasteiger partial charge in [0.15, 0.2) is 0 Å². The molecule has 0 N–H and O–H groups in total. The smallest absolute Gasteiger partial charge is 0.257 e. The fraction of sp³-hybridized carbons (Fsp3) is 0.389. The molecule has 1 aliphatic heterocycles. The molecule has 2 heterocycles. The summed E-state index contributed by atoms with van der Waals surface area (Å²) >= 11 is 0. The average Bonchev–Trinajstić information content (AvgIpc) is 3.06. The van der Waals surface area contributed by atoms with Crippen LogP contribution in [0.1, 0.15) is 47.3 Å². The van der Waals surface area contributed by atoms with Gasteiger partial charge in [0, 0.05) is 25.2 Å². The molecule has 23 heavy (non-hydrogen) atoms. The Labute approximate surface area is 135 Å². The zero-order chi connectivity index (χ0) is 16.2. The van der Waals surface area contributed by atoms with Crippen LogP contribution in [0.4, 0.5) is 4.39 Å². The van der Waals surface area contributed by atoms with E-state index in [4.69, 9.17) is 0 Å². The van der Waals surface area contributed by atoms with Crippen LogP contribution in [0.15, 0.2) is 36.8 Å². The van der Waals surface area contributed by atoms with Crippen LogP contribution in [0.25, 0.3) is 0 Å². The zero-order valence-corrected chi connectivity index (χ0v) is 13.2. The van der Waals surface area contributed by atoms with Crippen molar-refractivity contribution < 1.29 is 9.18 Å². The maximum Gasteiger partial charge on any atom is 0.257 e. The summed E-state index contributed by atoms with van der Waals surface area (Å²) in [5.74, 6) is 0.0304. The van der Waals surface area contributed by atoms with Crippen molar-refractivity contribution in [3.63, 3.8) is 0 Å². The van der Waals surface area contributed by atoms with Gasteiger partial charge in [0.05, 0.1) is 11.3 Å². The van der Waals surface area contributed by atoms with Crippen molar-refractivity contribution in [2.45, 2.75) is 32.1 Å². The van der Waals surface area contributed by atoms with Gasteiger partial charge >= 0.3 is 0 Å². The lowest BCUT2D eigenvalue weighted by molar-refractivity contribution is 0.0788. The second kappa shape index (κ2) is 6.86. The van der Waals surface area contributed by atoms with Gasteiger partial charge < -0.3 is 4.90 Å². The Balaban J connectivity index is 1.74. The van der Waals surface area contributed by atoms with Crippen LogP contribution in [0, 0.1) is 5.82 Å². The standard InChI is InChI=1S/C18H20FN3O/c1-2-3-17-16(10-20-12-21-17)18(23)22-9-8-14(11-22)13-4-6-15(19)7-5-13/h4-7,10,12,14H,2-3,8-9,11H2,1H3/t14-/m1/s1. The highest BCUT2D eigenvalue weighted by Crippen LogP contribution is 2.28. The largest absolute Gasteiger partial charge is 0.338 e. The molecule has 0 radical (unpaired) electrons. The topological polar surface area (TPSA) is 46.1 Å². The molecule has 1 aromatic carbocycles. The Bertz CT molecular complexity index is 687. The van der Waals surface area contributed by atoms with Crippen LogP contribution >= 0.6 is 0 Å². The molecule has 1 aliphatic rings. The number of nitrogens with zero attached hydrogens (tertiary/aromatic N) is 3. The number of halogens is 1. The van der Waals surface area contributed by atoms with Gasteiger partial charge in [-0.2, -0.15) is 0 Å². The van der Waals surface area contributed by atoms with Crippen molar-refractivity contribution in [1.29, 1.82) is 0 Å². The Morgan fingerprint density at radius 3 is 2.87 bits per heavy atom. The average molecular weight is 313 g/mol. The van der Waals surface area contributed by atoms with Gasteiger partial charge in [-0.05, 0) is 30.5 Å². The SMILES string of the molecule is CCCc1ncncc1C(=O)N1CC[C@@H](c2ccc(F)cc2)C1. The third-order valence-corrected chi connectivity index (χ3v) is 4.33. The number of carbonyl (C=O) groups is 1. The van der Waals surface area contributed by atoms with E-state index < -0.39 is 0 Å². The number of hydrogen-bond donors (Lipinski definition) is 0. The van der Waals surface area contributed by atoms with E-state index in [1.54, 1.807) is 6.20 Å². The second-order valence-electron chi connectivity index (χ2n) is 5.92. The minimum absolute atomic E-state index is 0.00124. The fourth-order valence-corrected chi connectivity index (χ4v) is 3.09. The van der Waals surface area contributed by atoms with E-state index in [1.807, 2.05) is 17.0 Å². The lowest BCUT2D eigenvalue weighted by Crippen LogP contribution is -2.29. The summed E-state index contributed by atoms with van der Waals surface area (Å²) in [6.45, 7) is 3.43. The molecule has 120 valence electrons. The van der Waals surface area contributed by atoms with Gasteiger partial charge in [-0.3, -0.25) is 4.79 Å². The fourth-order valence-electron chi connectivity index (χ4n) is 3.09. The van der Waals surface area contributed by atoms with Crippen molar-refractivity contribution in [3.8, 4) is 0 Å². The van der Waals surface area contributed by atoms with Gasteiger partial charge in [-0.15, -0.1) is 0 Å². The Hall–Kier alpha value is -2.30. The number of carbonyl (C=O) groups excluding carboxylic acids is 1. The summed E-state index contributed by atoms with van der Waals surface area (Å²) in [5, 5.41) is 0. The molecule has 0 aliphatic carbocycles. The van der Waals surface area contributed by atoms with E-state index in [-0.39, 0.29) is 17.6 Å². The minimum atomic E-state index is -0.231. The van der Waals surface area contributed by atoms with Gasteiger partial charge in [0.2, 0.25) is 0 Å². The molecule has 1 atom stereocenters. The van der Waals surface area contributed by atoms with Crippen LogP contribution in [0.5, 0.6) is 0 Å². The monoisotopic (exact) mass is 313 g/mol. The second-order valence-corrected chi connectivity index (χ2v) is 5.92. The molecular weight excluding hydrogens is 293 g/mol. The highest BCUT2D eigenvalue weighted by molar-refractivity contribution is 5.95. The first-order chi connectivity index (χ1) is 11.2. The molecule has 5 heteroatoms. The van der Waals surface area contributed by atoms with E-state index in [0.717, 1.165) is 30.5 Å². The molecule has 3 rings (SSSR count). The Morgan fingerprint density at radius 1 is 1.35 bits per heavy atom. The molecule has 1 aromatic heterocycles.